The van der Waals surface area contributed by atoms with Crippen molar-refractivity contribution in [3.8, 4) is 0 Å². The fourth-order valence-corrected chi connectivity index (χ4v) is 2.45. The summed E-state index contributed by atoms with van der Waals surface area (Å²) in [6, 6.07) is 11.5. The van der Waals surface area contributed by atoms with Gasteiger partial charge in [-0.05, 0) is 31.7 Å². The van der Waals surface area contributed by atoms with Crippen LogP contribution in [0.25, 0.3) is 0 Å². The fraction of sp³-hybridized carbons (Fsp3) is 0.600. The van der Waals surface area contributed by atoms with Gasteiger partial charge in [0.15, 0.2) is 0 Å². The number of aryl methyl sites for hydroxylation is 1. The van der Waals surface area contributed by atoms with E-state index in [2.05, 4.69) is 42.2 Å². The maximum Gasteiger partial charge on any atom is 0.0594 e. The Labute approximate surface area is 105 Å². The lowest BCUT2D eigenvalue weighted by Gasteiger charge is -2.32. The Morgan fingerprint density at radius 1 is 1.18 bits per heavy atom. The molecule has 2 heteroatoms. The van der Waals surface area contributed by atoms with Crippen LogP contribution in [0.2, 0.25) is 0 Å². The van der Waals surface area contributed by atoms with Gasteiger partial charge in [0, 0.05) is 19.1 Å². The Morgan fingerprint density at radius 3 is 2.59 bits per heavy atom. The van der Waals surface area contributed by atoms with Gasteiger partial charge in [-0.3, -0.25) is 4.90 Å². The minimum Gasteiger partial charge on any atom is -0.379 e. The summed E-state index contributed by atoms with van der Waals surface area (Å²) in [5.41, 5.74) is 1.46. The van der Waals surface area contributed by atoms with Crippen molar-refractivity contribution in [1.82, 2.24) is 4.90 Å². The summed E-state index contributed by atoms with van der Waals surface area (Å²) in [4.78, 5) is 2.55. The summed E-state index contributed by atoms with van der Waals surface area (Å²) >= 11 is 0. The lowest BCUT2D eigenvalue weighted by atomic mass is 10.0. The van der Waals surface area contributed by atoms with Crippen LogP contribution in [-0.4, -0.2) is 37.2 Å². The highest BCUT2D eigenvalue weighted by atomic mass is 16.5. The zero-order chi connectivity index (χ0) is 11.9. The molecule has 2 rings (SSSR count). The van der Waals surface area contributed by atoms with Gasteiger partial charge >= 0.3 is 0 Å². The number of morpholine rings is 1. The van der Waals surface area contributed by atoms with Crippen LogP contribution in [0.3, 0.4) is 0 Å². The molecular weight excluding hydrogens is 210 g/mol. The summed E-state index contributed by atoms with van der Waals surface area (Å²) < 4.78 is 5.38. The van der Waals surface area contributed by atoms with Gasteiger partial charge in [0.1, 0.15) is 0 Å². The molecule has 0 aliphatic carbocycles. The monoisotopic (exact) mass is 233 g/mol. The van der Waals surface area contributed by atoms with E-state index >= 15 is 0 Å². The average Bonchev–Trinajstić information content (AvgIpc) is 2.41. The Bertz CT molecular complexity index is 306. The molecule has 1 saturated heterocycles. The number of rotatable bonds is 5. The third-order valence-corrected chi connectivity index (χ3v) is 3.60. The second kappa shape index (κ2) is 6.77. The van der Waals surface area contributed by atoms with Gasteiger partial charge in [0.05, 0.1) is 13.2 Å². The number of hydrogen-bond acceptors (Lipinski definition) is 2. The molecule has 0 saturated carbocycles. The van der Waals surface area contributed by atoms with Crippen LogP contribution in [0.1, 0.15) is 25.3 Å². The zero-order valence-electron chi connectivity index (χ0n) is 10.8. The lowest BCUT2D eigenvalue weighted by Crippen LogP contribution is -2.42. The van der Waals surface area contributed by atoms with Crippen LogP contribution in [0.5, 0.6) is 0 Å². The largest absolute Gasteiger partial charge is 0.379 e. The first-order valence-electron chi connectivity index (χ1n) is 6.72. The lowest BCUT2D eigenvalue weighted by molar-refractivity contribution is 0.0183. The third-order valence-electron chi connectivity index (χ3n) is 3.60. The average molecular weight is 233 g/mol. The van der Waals surface area contributed by atoms with Gasteiger partial charge in [0.2, 0.25) is 0 Å². The molecule has 0 bridgehead atoms. The third kappa shape index (κ3) is 4.14. The van der Waals surface area contributed by atoms with E-state index in [-0.39, 0.29) is 0 Å². The fourth-order valence-electron chi connectivity index (χ4n) is 2.45. The van der Waals surface area contributed by atoms with Crippen LogP contribution < -0.4 is 0 Å². The quantitative estimate of drug-likeness (QED) is 0.775. The van der Waals surface area contributed by atoms with E-state index in [1.54, 1.807) is 0 Å². The van der Waals surface area contributed by atoms with Crippen molar-refractivity contribution < 1.29 is 4.74 Å². The van der Waals surface area contributed by atoms with Crippen molar-refractivity contribution in [2.45, 2.75) is 32.2 Å². The summed E-state index contributed by atoms with van der Waals surface area (Å²) in [6.45, 7) is 6.36. The van der Waals surface area contributed by atoms with Crippen molar-refractivity contribution in [3.05, 3.63) is 35.9 Å². The Morgan fingerprint density at radius 2 is 1.88 bits per heavy atom. The van der Waals surface area contributed by atoms with Crippen LogP contribution in [-0.2, 0) is 11.2 Å². The van der Waals surface area contributed by atoms with Crippen LogP contribution in [0, 0.1) is 0 Å². The molecule has 0 spiro atoms. The molecule has 1 atom stereocenters. The van der Waals surface area contributed by atoms with Crippen molar-refractivity contribution in [2.24, 2.45) is 0 Å². The maximum absolute atomic E-state index is 5.38. The highest BCUT2D eigenvalue weighted by Gasteiger charge is 2.16. The molecule has 0 radical (unpaired) electrons. The zero-order valence-corrected chi connectivity index (χ0v) is 10.8. The first-order chi connectivity index (χ1) is 8.36. The SMILES string of the molecule is CC(CCCc1ccccc1)N1CCOCC1. The highest BCUT2D eigenvalue weighted by Crippen LogP contribution is 2.12. The second-order valence-corrected chi connectivity index (χ2v) is 4.88. The van der Waals surface area contributed by atoms with E-state index in [0.29, 0.717) is 6.04 Å². The summed E-state index contributed by atoms with van der Waals surface area (Å²) in [5.74, 6) is 0. The summed E-state index contributed by atoms with van der Waals surface area (Å²) in [7, 11) is 0. The molecule has 0 amide bonds. The second-order valence-electron chi connectivity index (χ2n) is 4.88. The van der Waals surface area contributed by atoms with Crippen molar-refractivity contribution in [3.63, 3.8) is 0 Å². The molecule has 2 nitrogen and oxygen atoms in total. The van der Waals surface area contributed by atoms with E-state index in [1.807, 2.05) is 0 Å². The molecule has 1 aliphatic heterocycles. The number of benzene rings is 1. The maximum atomic E-state index is 5.38. The first-order valence-corrected chi connectivity index (χ1v) is 6.72. The topological polar surface area (TPSA) is 12.5 Å². The van der Waals surface area contributed by atoms with Crippen LogP contribution in [0.4, 0.5) is 0 Å². The normalized spacial score (nSPS) is 19.1. The predicted octanol–water partition coefficient (Wildman–Crippen LogP) is 2.73. The predicted molar refractivity (Wildman–Crippen MR) is 71.2 cm³/mol. The van der Waals surface area contributed by atoms with E-state index < -0.39 is 0 Å². The standard InChI is InChI=1S/C15H23NO/c1-14(16-10-12-17-13-11-16)6-5-9-15-7-3-2-4-8-15/h2-4,7-8,14H,5-6,9-13H2,1H3. The molecule has 0 N–H and O–H groups in total. The number of ether oxygens (including phenoxy) is 1. The Balaban J connectivity index is 1.67. The van der Waals surface area contributed by atoms with Gasteiger partial charge in [-0.25, -0.2) is 0 Å². The van der Waals surface area contributed by atoms with E-state index in [0.717, 1.165) is 26.3 Å². The van der Waals surface area contributed by atoms with Crippen molar-refractivity contribution >= 4 is 0 Å². The molecular formula is C15H23NO. The Kier molecular flexibility index (Phi) is 5.02. The molecule has 1 aromatic rings. The minimum absolute atomic E-state index is 0.697. The molecule has 17 heavy (non-hydrogen) atoms. The molecule has 1 fully saturated rings. The van der Waals surface area contributed by atoms with Gasteiger partial charge < -0.3 is 4.74 Å². The summed E-state index contributed by atoms with van der Waals surface area (Å²) in [6.07, 6.45) is 3.77. The van der Waals surface area contributed by atoms with Crippen LogP contribution >= 0.6 is 0 Å². The smallest absolute Gasteiger partial charge is 0.0594 e. The molecule has 0 aromatic heterocycles. The van der Waals surface area contributed by atoms with Gasteiger partial charge in [-0.1, -0.05) is 30.3 Å². The van der Waals surface area contributed by atoms with Crippen molar-refractivity contribution in [2.75, 3.05) is 26.3 Å². The van der Waals surface area contributed by atoms with E-state index in [1.165, 1.54) is 24.8 Å². The van der Waals surface area contributed by atoms with Gasteiger partial charge in [-0.15, -0.1) is 0 Å². The number of nitrogens with zero attached hydrogens (tertiary/aromatic N) is 1. The first kappa shape index (κ1) is 12.6. The molecule has 1 aromatic carbocycles. The molecule has 94 valence electrons. The highest BCUT2D eigenvalue weighted by molar-refractivity contribution is 5.14. The van der Waals surface area contributed by atoms with Gasteiger partial charge in [0.25, 0.3) is 0 Å². The molecule has 1 heterocycles. The summed E-state index contributed by atoms with van der Waals surface area (Å²) in [5, 5.41) is 0. The Hall–Kier alpha value is -0.860. The molecule has 1 unspecified atom stereocenters. The van der Waals surface area contributed by atoms with E-state index in [4.69, 9.17) is 4.74 Å². The minimum atomic E-state index is 0.697. The number of hydrogen-bond donors (Lipinski definition) is 0. The van der Waals surface area contributed by atoms with Crippen LogP contribution in [0.15, 0.2) is 30.3 Å². The molecule has 1 aliphatic rings. The van der Waals surface area contributed by atoms with Gasteiger partial charge in [-0.2, -0.15) is 0 Å². The van der Waals surface area contributed by atoms with Crippen molar-refractivity contribution in [1.29, 1.82) is 0 Å². The van der Waals surface area contributed by atoms with E-state index in [9.17, 15) is 0 Å².